The van der Waals surface area contributed by atoms with Crippen molar-refractivity contribution in [1.82, 2.24) is 10.2 Å². The number of amides is 2. The monoisotopic (exact) mass is 326 g/mol. The fourth-order valence-electron chi connectivity index (χ4n) is 2.84. The van der Waals surface area contributed by atoms with Crippen molar-refractivity contribution in [2.24, 2.45) is 0 Å². The van der Waals surface area contributed by atoms with E-state index >= 15 is 0 Å². The van der Waals surface area contributed by atoms with Crippen molar-refractivity contribution in [3.8, 4) is 0 Å². The standard InChI is InChI=1S/C18H28F2N2O/c1-5-11-22(13-16(19)20)17(23)21-14(2)12-18(3,4)15-9-7-6-8-10-15/h6-10,14,16H,5,11-13H2,1-4H3,(H,21,23). The summed E-state index contributed by atoms with van der Waals surface area (Å²) in [7, 11) is 0. The summed E-state index contributed by atoms with van der Waals surface area (Å²) in [5, 5.41) is 2.85. The van der Waals surface area contributed by atoms with Gasteiger partial charge in [-0.15, -0.1) is 0 Å². The second kappa shape index (κ2) is 8.85. The van der Waals surface area contributed by atoms with Crippen LogP contribution in [0.4, 0.5) is 13.6 Å². The number of halogens is 2. The summed E-state index contributed by atoms with van der Waals surface area (Å²) in [5.41, 5.74) is 1.09. The average Bonchev–Trinajstić information content (AvgIpc) is 2.46. The smallest absolute Gasteiger partial charge is 0.317 e. The molecule has 23 heavy (non-hydrogen) atoms. The lowest BCUT2D eigenvalue weighted by Gasteiger charge is -2.31. The van der Waals surface area contributed by atoms with Gasteiger partial charge in [-0.3, -0.25) is 0 Å². The molecule has 1 rings (SSSR count). The summed E-state index contributed by atoms with van der Waals surface area (Å²) < 4.78 is 25.2. The van der Waals surface area contributed by atoms with E-state index in [9.17, 15) is 13.6 Å². The first-order chi connectivity index (χ1) is 10.8. The maximum Gasteiger partial charge on any atom is 0.317 e. The SMILES string of the molecule is CCCN(CC(F)F)C(=O)NC(C)CC(C)(C)c1ccccc1. The predicted octanol–water partition coefficient (Wildman–Crippen LogP) is 4.43. The number of carbonyl (C=O) groups excluding carboxylic acids is 1. The topological polar surface area (TPSA) is 32.3 Å². The van der Waals surface area contributed by atoms with Gasteiger partial charge in [0.15, 0.2) is 0 Å². The Bertz CT molecular complexity index is 477. The Balaban J connectivity index is 2.63. The van der Waals surface area contributed by atoms with E-state index in [-0.39, 0.29) is 11.5 Å². The van der Waals surface area contributed by atoms with Gasteiger partial charge in [0.05, 0.1) is 6.54 Å². The highest BCUT2D eigenvalue weighted by molar-refractivity contribution is 5.74. The van der Waals surface area contributed by atoms with Crippen LogP contribution in [0.5, 0.6) is 0 Å². The van der Waals surface area contributed by atoms with E-state index in [0.717, 1.165) is 6.42 Å². The number of nitrogens with one attached hydrogen (secondary N) is 1. The van der Waals surface area contributed by atoms with Crippen LogP contribution in [0.25, 0.3) is 0 Å². The molecule has 0 aliphatic heterocycles. The van der Waals surface area contributed by atoms with Crippen LogP contribution in [0.2, 0.25) is 0 Å². The van der Waals surface area contributed by atoms with Crippen LogP contribution in [-0.4, -0.2) is 36.5 Å². The number of carbonyl (C=O) groups is 1. The van der Waals surface area contributed by atoms with Gasteiger partial charge < -0.3 is 10.2 Å². The number of urea groups is 1. The molecule has 1 N–H and O–H groups in total. The number of hydrogen-bond donors (Lipinski definition) is 1. The Kier molecular flexibility index (Phi) is 7.46. The summed E-state index contributed by atoms with van der Waals surface area (Å²) in [6.45, 7) is 7.84. The van der Waals surface area contributed by atoms with Crippen LogP contribution in [-0.2, 0) is 5.41 Å². The summed E-state index contributed by atoms with van der Waals surface area (Å²) in [5.74, 6) is 0. The van der Waals surface area contributed by atoms with Gasteiger partial charge in [0, 0.05) is 12.6 Å². The molecule has 3 nitrogen and oxygen atoms in total. The third-order valence-electron chi connectivity index (χ3n) is 3.88. The average molecular weight is 326 g/mol. The molecule has 5 heteroatoms. The van der Waals surface area contributed by atoms with Gasteiger partial charge in [-0.1, -0.05) is 51.1 Å². The summed E-state index contributed by atoms with van der Waals surface area (Å²) >= 11 is 0. The van der Waals surface area contributed by atoms with Crippen molar-refractivity contribution in [2.45, 2.75) is 58.4 Å². The molecule has 0 bridgehead atoms. The van der Waals surface area contributed by atoms with E-state index in [1.54, 1.807) is 0 Å². The minimum Gasteiger partial charge on any atom is -0.336 e. The molecular formula is C18H28F2N2O. The van der Waals surface area contributed by atoms with Crippen molar-refractivity contribution in [1.29, 1.82) is 0 Å². The molecule has 0 aromatic heterocycles. The molecule has 2 amide bonds. The van der Waals surface area contributed by atoms with Gasteiger partial charge in [0.2, 0.25) is 0 Å². The molecule has 130 valence electrons. The molecular weight excluding hydrogens is 298 g/mol. The number of benzene rings is 1. The lowest BCUT2D eigenvalue weighted by atomic mass is 9.79. The van der Waals surface area contributed by atoms with E-state index < -0.39 is 19.0 Å². The molecule has 0 spiro atoms. The largest absolute Gasteiger partial charge is 0.336 e. The fourth-order valence-corrected chi connectivity index (χ4v) is 2.84. The molecule has 0 saturated heterocycles. The fraction of sp³-hybridized carbons (Fsp3) is 0.611. The number of nitrogens with zero attached hydrogens (tertiary/aromatic N) is 1. The van der Waals surface area contributed by atoms with Crippen molar-refractivity contribution in [3.05, 3.63) is 35.9 Å². The Morgan fingerprint density at radius 2 is 1.87 bits per heavy atom. The van der Waals surface area contributed by atoms with Crippen molar-refractivity contribution < 1.29 is 13.6 Å². The zero-order valence-electron chi connectivity index (χ0n) is 14.5. The van der Waals surface area contributed by atoms with E-state index in [1.807, 2.05) is 32.0 Å². The molecule has 0 heterocycles. The van der Waals surface area contributed by atoms with Gasteiger partial charge >= 0.3 is 6.03 Å². The van der Waals surface area contributed by atoms with E-state index in [2.05, 4.69) is 31.3 Å². The van der Waals surface area contributed by atoms with Gasteiger partial charge in [0.1, 0.15) is 0 Å². The zero-order valence-corrected chi connectivity index (χ0v) is 14.5. The van der Waals surface area contributed by atoms with Crippen LogP contribution in [0.1, 0.15) is 46.1 Å². The minimum absolute atomic E-state index is 0.102. The lowest BCUT2D eigenvalue weighted by Crippen LogP contribution is -2.47. The molecule has 0 aliphatic rings. The molecule has 1 unspecified atom stereocenters. The molecule has 0 saturated carbocycles. The van der Waals surface area contributed by atoms with Crippen LogP contribution in [0.15, 0.2) is 30.3 Å². The number of rotatable bonds is 8. The quantitative estimate of drug-likeness (QED) is 0.753. The minimum atomic E-state index is -2.51. The second-order valence-corrected chi connectivity index (χ2v) is 6.64. The van der Waals surface area contributed by atoms with Crippen LogP contribution < -0.4 is 5.32 Å². The predicted molar refractivity (Wildman–Crippen MR) is 89.9 cm³/mol. The highest BCUT2D eigenvalue weighted by Gasteiger charge is 2.25. The third-order valence-corrected chi connectivity index (χ3v) is 3.88. The Hall–Kier alpha value is -1.65. The molecule has 1 aromatic carbocycles. The third kappa shape index (κ3) is 6.55. The van der Waals surface area contributed by atoms with E-state index in [1.165, 1.54) is 10.5 Å². The number of alkyl halides is 2. The Labute approximate surface area is 138 Å². The number of hydrogen-bond acceptors (Lipinski definition) is 1. The maximum absolute atomic E-state index is 12.6. The Morgan fingerprint density at radius 1 is 1.26 bits per heavy atom. The van der Waals surface area contributed by atoms with Gasteiger partial charge in [0.25, 0.3) is 6.43 Å². The van der Waals surface area contributed by atoms with Gasteiger partial charge in [-0.25, -0.2) is 13.6 Å². The van der Waals surface area contributed by atoms with Gasteiger partial charge in [-0.2, -0.15) is 0 Å². The molecule has 1 aromatic rings. The first-order valence-electron chi connectivity index (χ1n) is 8.15. The molecule has 0 radical (unpaired) electrons. The van der Waals surface area contributed by atoms with Crippen LogP contribution >= 0.6 is 0 Å². The van der Waals surface area contributed by atoms with Crippen LogP contribution in [0.3, 0.4) is 0 Å². The lowest BCUT2D eigenvalue weighted by molar-refractivity contribution is 0.0972. The van der Waals surface area contributed by atoms with E-state index in [0.29, 0.717) is 13.0 Å². The van der Waals surface area contributed by atoms with Crippen molar-refractivity contribution in [3.63, 3.8) is 0 Å². The first-order valence-corrected chi connectivity index (χ1v) is 8.15. The van der Waals surface area contributed by atoms with Gasteiger partial charge in [-0.05, 0) is 30.7 Å². The Morgan fingerprint density at radius 3 is 2.39 bits per heavy atom. The summed E-state index contributed by atoms with van der Waals surface area (Å²) in [4.78, 5) is 13.4. The maximum atomic E-state index is 12.6. The van der Waals surface area contributed by atoms with Crippen molar-refractivity contribution in [2.75, 3.05) is 13.1 Å². The molecule has 0 aliphatic carbocycles. The molecule has 0 fully saturated rings. The van der Waals surface area contributed by atoms with E-state index in [4.69, 9.17) is 0 Å². The normalized spacial score (nSPS) is 13.0. The van der Waals surface area contributed by atoms with Crippen molar-refractivity contribution >= 4 is 6.03 Å². The second-order valence-electron chi connectivity index (χ2n) is 6.64. The summed E-state index contributed by atoms with van der Waals surface area (Å²) in [6.07, 6.45) is -1.12. The zero-order chi connectivity index (χ0) is 17.5. The first kappa shape index (κ1) is 19.4. The molecule has 1 atom stereocenters. The summed E-state index contributed by atoms with van der Waals surface area (Å²) in [6, 6.07) is 9.57. The highest BCUT2D eigenvalue weighted by Crippen LogP contribution is 2.28. The highest BCUT2D eigenvalue weighted by atomic mass is 19.3. The van der Waals surface area contributed by atoms with Crippen LogP contribution in [0, 0.1) is 0 Å².